The predicted octanol–water partition coefficient (Wildman–Crippen LogP) is 2.83. The third-order valence-electron chi connectivity index (χ3n) is 2.96. The van der Waals surface area contributed by atoms with Crippen LogP contribution in [0.5, 0.6) is 0 Å². The van der Waals surface area contributed by atoms with Gasteiger partial charge in [0.2, 0.25) is 0 Å². The molecule has 0 amide bonds. The zero-order valence-corrected chi connectivity index (χ0v) is 12.0. The summed E-state index contributed by atoms with van der Waals surface area (Å²) in [6, 6.07) is 8.36. The van der Waals surface area contributed by atoms with Gasteiger partial charge in [-0.2, -0.15) is 0 Å². The monoisotopic (exact) mass is 294 g/mol. The summed E-state index contributed by atoms with van der Waals surface area (Å²) in [5, 5.41) is 0. The molecule has 6 heteroatoms. The Labute approximate surface area is 117 Å². The molecule has 4 nitrogen and oxygen atoms in total. The van der Waals surface area contributed by atoms with Crippen molar-refractivity contribution in [2.45, 2.75) is 18.7 Å². The number of hydrogen-bond acceptors (Lipinski definition) is 3. The van der Waals surface area contributed by atoms with Crippen LogP contribution in [0, 0.1) is 19.7 Å². The molecule has 0 unspecified atom stereocenters. The fraction of sp³-hybridized carbons (Fsp3) is 0.143. The Morgan fingerprint density at radius 1 is 1.05 bits per heavy atom. The molecule has 2 rings (SSSR count). The van der Waals surface area contributed by atoms with E-state index in [2.05, 4.69) is 4.72 Å². The van der Waals surface area contributed by atoms with Crippen LogP contribution in [0.4, 0.5) is 15.8 Å². The first-order valence-corrected chi connectivity index (χ1v) is 7.42. The lowest BCUT2D eigenvalue weighted by Crippen LogP contribution is -2.13. The average Bonchev–Trinajstić information content (AvgIpc) is 2.30. The van der Waals surface area contributed by atoms with Gasteiger partial charge < -0.3 is 5.73 Å². The zero-order valence-electron chi connectivity index (χ0n) is 11.1. The lowest BCUT2D eigenvalue weighted by atomic mass is 10.1. The maximum atomic E-state index is 13.2. The quantitative estimate of drug-likeness (QED) is 0.855. The van der Waals surface area contributed by atoms with Gasteiger partial charge in [-0.3, -0.25) is 4.72 Å². The molecule has 0 aliphatic carbocycles. The van der Waals surface area contributed by atoms with Crippen LogP contribution < -0.4 is 10.5 Å². The standard InChI is InChI=1S/C14H15FN2O2S/c1-9-3-4-14(5-10(9)2)20(18,19)17-13-7-11(15)6-12(16)8-13/h3-8,17H,16H2,1-2H3. The van der Waals surface area contributed by atoms with Crippen molar-refractivity contribution >= 4 is 21.4 Å². The second kappa shape index (κ2) is 5.13. The lowest BCUT2D eigenvalue weighted by Gasteiger charge is -2.10. The molecule has 0 heterocycles. The van der Waals surface area contributed by atoms with Crippen molar-refractivity contribution in [2.24, 2.45) is 0 Å². The average molecular weight is 294 g/mol. The molecule has 0 atom stereocenters. The van der Waals surface area contributed by atoms with Crippen LogP contribution in [0.2, 0.25) is 0 Å². The molecule has 106 valence electrons. The van der Waals surface area contributed by atoms with Gasteiger partial charge in [0.15, 0.2) is 0 Å². The molecule has 0 spiro atoms. The highest BCUT2D eigenvalue weighted by Crippen LogP contribution is 2.21. The Kier molecular flexibility index (Phi) is 3.67. The summed E-state index contributed by atoms with van der Waals surface area (Å²) >= 11 is 0. The summed E-state index contributed by atoms with van der Waals surface area (Å²) in [5.41, 5.74) is 7.61. The van der Waals surface area contributed by atoms with Crippen LogP contribution in [0.1, 0.15) is 11.1 Å². The normalized spacial score (nSPS) is 11.3. The first-order chi connectivity index (χ1) is 9.28. The summed E-state index contributed by atoms with van der Waals surface area (Å²) in [6.45, 7) is 3.72. The summed E-state index contributed by atoms with van der Waals surface area (Å²) in [6.07, 6.45) is 0. The summed E-state index contributed by atoms with van der Waals surface area (Å²) in [5.74, 6) is -0.595. The van der Waals surface area contributed by atoms with Crippen molar-refractivity contribution in [1.29, 1.82) is 0 Å². The molecule has 2 aromatic rings. The van der Waals surface area contributed by atoms with Gasteiger partial charge in [0.05, 0.1) is 10.6 Å². The molecule has 0 aliphatic heterocycles. The molecule has 0 fully saturated rings. The van der Waals surface area contributed by atoms with Gasteiger partial charge in [-0.25, -0.2) is 12.8 Å². The van der Waals surface area contributed by atoms with Crippen LogP contribution in [0.15, 0.2) is 41.3 Å². The van der Waals surface area contributed by atoms with Gasteiger partial charge in [-0.15, -0.1) is 0 Å². The molecule has 0 saturated carbocycles. The van der Waals surface area contributed by atoms with E-state index in [4.69, 9.17) is 5.73 Å². The third kappa shape index (κ3) is 3.08. The number of aryl methyl sites for hydroxylation is 2. The highest BCUT2D eigenvalue weighted by molar-refractivity contribution is 7.92. The van der Waals surface area contributed by atoms with Crippen molar-refractivity contribution in [3.63, 3.8) is 0 Å². The van der Waals surface area contributed by atoms with E-state index in [0.717, 1.165) is 23.3 Å². The van der Waals surface area contributed by atoms with E-state index < -0.39 is 15.8 Å². The van der Waals surface area contributed by atoms with Crippen LogP contribution in [-0.2, 0) is 10.0 Å². The zero-order chi connectivity index (χ0) is 14.9. The third-order valence-corrected chi connectivity index (χ3v) is 4.34. The maximum Gasteiger partial charge on any atom is 0.261 e. The Morgan fingerprint density at radius 2 is 1.75 bits per heavy atom. The number of benzene rings is 2. The van der Waals surface area contributed by atoms with Gasteiger partial charge in [-0.05, 0) is 55.3 Å². The molecular formula is C14H15FN2O2S. The Morgan fingerprint density at radius 3 is 2.35 bits per heavy atom. The SMILES string of the molecule is Cc1ccc(S(=O)(=O)Nc2cc(N)cc(F)c2)cc1C. The maximum absolute atomic E-state index is 13.2. The fourth-order valence-corrected chi connectivity index (χ4v) is 2.89. The number of sulfonamides is 1. The minimum Gasteiger partial charge on any atom is -0.399 e. The molecule has 0 bridgehead atoms. The molecular weight excluding hydrogens is 279 g/mol. The fourth-order valence-electron chi connectivity index (χ4n) is 1.77. The van der Waals surface area contributed by atoms with E-state index in [-0.39, 0.29) is 16.3 Å². The number of hydrogen-bond donors (Lipinski definition) is 2. The predicted molar refractivity (Wildman–Crippen MR) is 77.5 cm³/mol. The van der Waals surface area contributed by atoms with Crippen molar-refractivity contribution < 1.29 is 12.8 Å². The van der Waals surface area contributed by atoms with Crippen molar-refractivity contribution in [3.8, 4) is 0 Å². The van der Waals surface area contributed by atoms with E-state index >= 15 is 0 Å². The van der Waals surface area contributed by atoms with Gasteiger partial charge >= 0.3 is 0 Å². The smallest absolute Gasteiger partial charge is 0.261 e. The number of halogens is 1. The second-order valence-corrected chi connectivity index (χ2v) is 6.31. The first-order valence-electron chi connectivity index (χ1n) is 5.94. The van der Waals surface area contributed by atoms with Gasteiger partial charge in [-0.1, -0.05) is 6.07 Å². The van der Waals surface area contributed by atoms with Crippen molar-refractivity contribution in [3.05, 3.63) is 53.3 Å². The minimum absolute atomic E-state index is 0.0979. The summed E-state index contributed by atoms with van der Waals surface area (Å²) < 4.78 is 39.9. The molecule has 0 aromatic heterocycles. The second-order valence-electron chi connectivity index (χ2n) is 4.62. The van der Waals surface area contributed by atoms with Gasteiger partial charge in [0.1, 0.15) is 5.82 Å². The van der Waals surface area contributed by atoms with Gasteiger partial charge in [0, 0.05) is 5.69 Å². The number of rotatable bonds is 3. The molecule has 20 heavy (non-hydrogen) atoms. The van der Waals surface area contributed by atoms with E-state index in [1.807, 2.05) is 13.8 Å². The van der Waals surface area contributed by atoms with Crippen LogP contribution >= 0.6 is 0 Å². The van der Waals surface area contributed by atoms with Crippen LogP contribution in [0.25, 0.3) is 0 Å². The van der Waals surface area contributed by atoms with Crippen molar-refractivity contribution in [2.75, 3.05) is 10.5 Å². The first kappa shape index (κ1) is 14.3. The largest absolute Gasteiger partial charge is 0.399 e. The highest BCUT2D eigenvalue weighted by atomic mass is 32.2. The molecule has 2 aromatic carbocycles. The van der Waals surface area contributed by atoms with E-state index in [0.29, 0.717) is 0 Å². The lowest BCUT2D eigenvalue weighted by molar-refractivity contribution is 0.601. The van der Waals surface area contributed by atoms with Gasteiger partial charge in [0.25, 0.3) is 10.0 Å². The number of anilines is 2. The highest BCUT2D eigenvalue weighted by Gasteiger charge is 2.15. The van der Waals surface area contributed by atoms with E-state index in [9.17, 15) is 12.8 Å². The number of nitrogens with two attached hydrogens (primary N) is 1. The Balaban J connectivity index is 2.37. The van der Waals surface area contributed by atoms with Crippen LogP contribution in [0.3, 0.4) is 0 Å². The summed E-state index contributed by atoms with van der Waals surface area (Å²) in [4.78, 5) is 0.128. The molecule has 0 aliphatic rings. The summed E-state index contributed by atoms with van der Waals surface area (Å²) in [7, 11) is -3.76. The topological polar surface area (TPSA) is 72.2 Å². The number of nitrogen functional groups attached to an aromatic ring is 1. The minimum atomic E-state index is -3.76. The molecule has 3 N–H and O–H groups in total. The van der Waals surface area contributed by atoms with E-state index in [1.54, 1.807) is 12.1 Å². The van der Waals surface area contributed by atoms with Crippen molar-refractivity contribution in [1.82, 2.24) is 0 Å². The Hall–Kier alpha value is -2.08. The molecule has 0 saturated heterocycles. The van der Waals surface area contributed by atoms with Crippen LogP contribution in [-0.4, -0.2) is 8.42 Å². The van der Waals surface area contributed by atoms with E-state index in [1.165, 1.54) is 12.1 Å². The number of nitrogens with one attached hydrogen (secondary N) is 1. The Bertz CT molecular complexity index is 738. The molecule has 0 radical (unpaired) electrons.